The minimum Gasteiger partial charge on any atom is -0.372 e. The van der Waals surface area contributed by atoms with Gasteiger partial charge < -0.3 is 19.8 Å². The van der Waals surface area contributed by atoms with E-state index in [9.17, 15) is 0 Å². The van der Waals surface area contributed by atoms with Crippen molar-refractivity contribution in [2.24, 2.45) is 5.84 Å². The number of hydrogen-bond donors (Lipinski definition) is 2. The molecule has 2 atom stereocenters. The summed E-state index contributed by atoms with van der Waals surface area (Å²) in [5, 5.41) is 0. The zero-order chi connectivity index (χ0) is 15.6. The van der Waals surface area contributed by atoms with Crippen LogP contribution < -0.4 is 16.2 Å². The van der Waals surface area contributed by atoms with Gasteiger partial charge in [-0.05, 0) is 37.1 Å². The van der Waals surface area contributed by atoms with Crippen LogP contribution in [0.3, 0.4) is 0 Å². The number of nitrogens with two attached hydrogens (primary N) is 1. The maximum Gasteiger partial charge on any atom is 0.0977 e. The van der Waals surface area contributed by atoms with E-state index in [1.807, 2.05) is 12.1 Å². The molecule has 3 fully saturated rings. The van der Waals surface area contributed by atoms with E-state index in [4.69, 9.17) is 15.3 Å². The van der Waals surface area contributed by atoms with Crippen molar-refractivity contribution in [2.45, 2.75) is 31.1 Å². The molecule has 1 aromatic carbocycles. The van der Waals surface area contributed by atoms with Gasteiger partial charge in [0.05, 0.1) is 25.4 Å². The van der Waals surface area contributed by atoms with Crippen LogP contribution in [0.25, 0.3) is 0 Å². The molecule has 0 aliphatic carbocycles. The highest BCUT2D eigenvalue weighted by Crippen LogP contribution is 2.28. The monoisotopic (exact) mass is 318 g/mol. The molecular formula is C17H26N4O2. The lowest BCUT2D eigenvalue weighted by atomic mass is 10.0. The number of benzene rings is 1. The number of ether oxygens (including phenoxy) is 2. The van der Waals surface area contributed by atoms with Crippen molar-refractivity contribution < 1.29 is 9.47 Å². The minimum absolute atomic E-state index is 0.290. The number of rotatable bonds is 3. The lowest BCUT2D eigenvalue weighted by Crippen LogP contribution is -2.44. The van der Waals surface area contributed by atoms with E-state index in [2.05, 4.69) is 27.4 Å². The Bertz CT molecular complexity index is 502. The molecule has 0 aromatic heterocycles. The zero-order valence-corrected chi connectivity index (χ0v) is 13.5. The van der Waals surface area contributed by atoms with Gasteiger partial charge in [0.25, 0.3) is 0 Å². The lowest BCUT2D eigenvalue weighted by Gasteiger charge is -2.37. The molecule has 126 valence electrons. The van der Waals surface area contributed by atoms with Crippen LogP contribution in [-0.4, -0.2) is 62.5 Å². The number of fused-ring (bicyclic) bond motifs is 1. The molecule has 1 aromatic rings. The van der Waals surface area contributed by atoms with Crippen molar-refractivity contribution in [1.82, 2.24) is 4.90 Å². The summed E-state index contributed by atoms with van der Waals surface area (Å²) in [5.41, 5.74) is 4.91. The Kier molecular flexibility index (Phi) is 4.39. The van der Waals surface area contributed by atoms with Crippen molar-refractivity contribution >= 4 is 11.4 Å². The summed E-state index contributed by atoms with van der Waals surface area (Å²) in [6.45, 7) is 5.78. The van der Waals surface area contributed by atoms with E-state index in [0.29, 0.717) is 6.04 Å². The molecule has 0 bridgehead atoms. The molecule has 6 heteroatoms. The average Bonchev–Trinajstić information content (AvgIpc) is 3.06. The Hall–Kier alpha value is -1.34. The van der Waals surface area contributed by atoms with Crippen molar-refractivity contribution in [2.75, 3.05) is 49.7 Å². The Morgan fingerprint density at radius 3 is 2.13 bits per heavy atom. The summed E-state index contributed by atoms with van der Waals surface area (Å²) < 4.78 is 11.7. The van der Waals surface area contributed by atoms with E-state index in [0.717, 1.165) is 45.1 Å². The maximum absolute atomic E-state index is 5.84. The normalized spacial score (nSPS) is 29.5. The second-order valence-electron chi connectivity index (χ2n) is 6.68. The molecule has 3 aliphatic rings. The number of likely N-dealkylation sites (tertiary alicyclic amines) is 1. The van der Waals surface area contributed by atoms with E-state index in [1.165, 1.54) is 18.5 Å². The number of hydrogen-bond acceptors (Lipinski definition) is 6. The van der Waals surface area contributed by atoms with E-state index >= 15 is 0 Å². The van der Waals surface area contributed by atoms with Crippen molar-refractivity contribution in [3.8, 4) is 0 Å². The predicted molar refractivity (Wildman–Crippen MR) is 90.5 cm³/mol. The van der Waals surface area contributed by atoms with Crippen LogP contribution in [0.1, 0.15) is 12.8 Å². The second-order valence-corrected chi connectivity index (χ2v) is 6.68. The largest absolute Gasteiger partial charge is 0.372 e. The zero-order valence-electron chi connectivity index (χ0n) is 13.5. The van der Waals surface area contributed by atoms with Gasteiger partial charge in [0.1, 0.15) is 0 Å². The molecule has 6 nitrogen and oxygen atoms in total. The van der Waals surface area contributed by atoms with Crippen LogP contribution in [0.2, 0.25) is 0 Å². The average molecular weight is 318 g/mol. The van der Waals surface area contributed by atoms with Crippen LogP contribution in [0, 0.1) is 0 Å². The summed E-state index contributed by atoms with van der Waals surface area (Å²) in [4.78, 5) is 5.05. The molecule has 3 N–H and O–H groups in total. The van der Waals surface area contributed by atoms with Crippen LogP contribution in [0.5, 0.6) is 0 Å². The number of nitrogens with zero attached hydrogens (tertiary/aromatic N) is 2. The number of piperidine rings is 1. The fourth-order valence-corrected chi connectivity index (χ4v) is 4.05. The third-order valence-corrected chi connectivity index (χ3v) is 5.37. The summed E-state index contributed by atoms with van der Waals surface area (Å²) in [7, 11) is 0. The molecule has 3 aliphatic heterocycles. The van der Waals surface area contributed by atoms with Crippen molar-refractivity contribution in [3.05, 3.63) is 24.3 Å². The van der Waals surface area contributed by atoms with Crippen molar-refractivity contribution in [1.29, 1.82) is 0 Å². The Labute approximate surface area is 137 Å². The fraction of sp³-hybridized carbons (Fsp3) is 0.647. The summed E-state index contributed by atoms with van der Waals surface area (Å²) >= 11 is 0. The maximum atomic E-state index is 5.84. The van der Waals surface area contributed by atoms with E-state index in [1.54, 1.807) is 0 Å². The molecule has 4 rings (SSSR count). The van der Waals surface area contributed by atoms with Gasteiger partial charge in [-0.15, -0.1) is 0 Å². The first-order chi connectivity index (χ1) is 11.3. The molecule has 23 heavy (non-hydrogen) atoms. The Balaban J connectivity index is 1.32. The highest BCUT2D eigenvalue weighted by molar-refractivity contribution is 5.54. The highest BCUT2D eigenvalue weighted by atomic mass is 16.6. The first-order valence-electron chi connectivity index (χ1n) is 8.62. The minimum atomic E-state index is 0.290. The SMILES string of the molecule is NNc1ccc(N2CCC(N3CC4OCCOC4C3)CC2)cc1. The molecule has 0 spiro atoms. The van der Waals surface area contributed by atoms with Gasteiger partial charge >= 0.3 is 0 Å². The topological polar surface area (TPSA) is 63.0 Å². The van der Waals surface area contributed by atoms with Gasteiger partial charge in [0.2, 0.25) is 0 Å². The van der Waals surface area contributed by atoms with Gasteiger partial charge in [-0.3, -0.25) is 10.7 Å². The second kappa shape index (κ2) is 6.65. The summed E-state index contributed by atoms with van der Waals surface area (Å²) in [5.74, 6) is 5.43. The molecule has 2 unspecified atom stereocenters. The molecule has 3 heterocycles. The molecule has 0 amide bonds. The van der Waals surface area contributed by atoms with Crippen molar-refractivity contribution in [3.63, 3.8) is 0 Å². The number of nitrogen functional groups attached to an aromatic ring is 1. The number of nitrogens with one attached hydrogen (secondary N) is 1. The van der Waals surface area contributed by atoms with Gasteiger partial charge in [-0.2, -0.15) is 0 Å². The molecular weight excluding hydrogens is 292 g/mol. The molecule has 0 saturated carbocycles. The van der Waals surface area contributed by atoms with Crippen LogP contribution in [0.15, 0.2) is 24.3 Å². The summed E-state index contributed by atoms with van der Waals surface area (Å²) in [6, 6.07) is 9.00. The standard InChI is InChI=1S/C17H26N4O2/c18-19-13-1-3-14(4-2-13)20-7-5-15(6-8-20)21-11-16-17(12-21)23-10-9-22-16/h1-4,15-17,19H,5-12,18H2. The third-order valence-electron chi connectivity index (χ3n) is 5.37. The molecule has 0 radical (unpaired) electrons. The van der Waals surface area contributed by atoms with E-state index < -0.39 is 0 Å². The van der Waals surface area contributed by atoms with Crippen LogP contribution in [0.4, 0.5) is 11.4 Å². The number of hydrazine groups is 1. The first-order valence-corrected chi connectivity index (χ1v) is 8.62. The van der Waals surface area contributed by atoms with Crippen LogP contribution >= 0.6 is 0 Å². The first kappa shape index (κ1) is 15.2. The van der Waals surface area contributed by atoms with Gasteiger partial charge in [-0.1, -0.05) is 0 Å². The lowest BCUT2D eigenvalue weighted by molar-refractivity contribution is -0.116. The molecule has 3 saturated heterocycles. The van der Waals surface area contributed by atoms with Gasteiger partial charge in [0, 0.05) is 43.6 Å². The predicted octanol–water partition coefficient (Wildman–Crippen LogP) is 1.04. The van der Waals surface area contributed by atoms with E-state index in [-0.39, 0.29) is 12.2 Å². The smallest absolute Gasteiger partial charge is 0.0977 e. The fourth-order valence-electron chi connectivity index (χ4n) is 4.05. The highest BCUT2D eigenvalue weighted by Gasteiger charge is 2.39. The Morgan fingerprint density at radius 1 is 0.957 bits per heavy atom. The summed E-state index contributed by atoms with van der Waals surface area (Å²) in [6.07, 6.45) is 2.99. The third kappa shape index (κ3) is 3.17. The van der Waals surface area contributed by atoms with Crippen LogP contribution in [-0.2, 0) is 9.47 Å². The van der Waals surface area contributed by atoms with Gasteiger partial charge in [-0.25, -0.2) is 0 Å². The quantitative estimate of drug-likeness (QED) is 0.641. The Morgan fingerprint density at radius 2 is 1.57 bits per heavy atom. The number of anilines is 2. The van der Waals surface area contributed by atoms with Gasteiger partial charge in [0.15, 0.2) is 0 Å².